The summed E-state index contributed by atoms with van der Waals surface area (Å²) in [5.41, 5.74) is 3.95. The minimum atomic E-state index is 0.200. The summed E-state index contributed by atoms with van der Waals surface area (Å²) in [6.45, 7) is 6.09. The molecule has 3 aromatic rings. The molecule has 0 bridgehead atoms. The highest BCUT2D eigenvalue weighted by Gasteiger charge is 2.25. The summed E-state index contributed by atoms with van der Waals surface area (Å²) in [5.74, 6) is 1.29. The van der Waals surface area contributed by atoms with Gasteiger partial charge in [0.05, 0.1) is 12.0 Å². The van der Waals surface area contributed by atoms with Crippen LogP contribution in [0.15, 0.2) is 41.6 Å². The highest BCUT2D eigenvalue weighted by molar-refractivity contribution is 5.76. The van der Waals surface area contributed by atoms with Gasteiger partial charge in [-0.1, -0.05) is 11.2 Å². The molecule has 0 unspecified atom stereocenters. The fourth-order valence-electron chi connectivity index (χ4n) is 3.94. The fraction of sp³-hybridized carbons (Fsp3) is 0.429. The Morgan fingerprint density at radius 3 is 2.89 bits per heavy atom. The van der Waals surface area contributed by atoms with Crippen LogP contribution in [0.25, 0.3) is 11.1 Å². The minimum Gasteiger partial charge on any atom is -0.361 e. The van der Waals surface area contributed by atoms with Gasteiger partial charge in [-0.15, -0.1) is 0 Å². The van der Waals surface area contributed by atoms with Crippen LogP contribution in [0.1, 0.15) is 42.3 Å². The third-order valence-electron chi connectivity index (χ3n) is 5.44. The van der Waals surface area contributed by atoms with Gasteiger partial charge < -0.3 is 14.0 Å². The van der Waals surface area contributed by atoms with E-state index in [1.54, 1.807) is 12.5 Å². The van der Waals surface area contributed by atoms with Crippen molar-refractivity contribution in [3.8, 4) is 11.1 Å². The second kappa shape index (κ2) is 7.96. The van der Waals surface area contributed by atoms with Gasteiger partial charge >= 0.3 is 0 Å². The Morgan fingerprint density at radius 2 is 2.21 bits per heavy atom. The molecule has 1 atom stereocenters. The molecule has 1 saturated heterocycles. The number of aryl methyl sites for hydroxylation is 3. The van der Waals surface area contributed by atoms with Crippen LogP contribution in [-0.2, 0) is 11.3 Å². The number of piperidine rings is 1. The van der Waals surface area contributed by atoms with Gasteiger partial charge in [-0.05, 0) is 32.8 Å². The van der Waals surface area contributed by atoms with Gasteiger partial charge in [0.1, 0.15) is 5.76 Å². The fourth-order valence-corrected chi connectivity index (χ4v) is 3.94. The van der Waals surface area contributed by atoms with Crippen LogP contribution in [0.2, 0.25) is 0 Å². The van der Waals surface area contributed by atoms with E-state index < -0.39 is 0 Å². The van der Waals surface area contributed by atoms with Gasteiger partial charge in [-0.3, -0.25) is 9.78 Å². The summed E-state index contributed by atoms with van der Waals surface area (Å²) >= 11 is 0. The molecular formula is C21H25N5O2. The molecule has 0 aromatic carbocycles. The molecule has 7 heteroatoms. The van der Waals surface area contributed by atoms with Crippen molar-refractivity contribution in [3.05, 3.63) is 54.2 Å². The van der Waals surface area contributed by atoms with E-state index in [4.69, 9.17) is 9.51 Å². The predicted molar refractivity (Wildman–Crippen MR) is 105 cm³/mol. The van der Waals surface area contributed by atoms with Crippen LogP contribution in [0.3, 0.4) is 0 Å². The van der Waals surface area contributed by atoms with Crippen LogP contribution in [0, 0.1) is 13.8 Å². The SMILES string of the molecule is Cc1noc(C)c1-c1ccc([C@@H]2CCCN(C(=O)CCn3ccnc3)C2)nc1. The van der Waals surface area contributed by atoms with Gasteiger partial charge in [-0.2, -0.15) is 0 Å². The highest BCUT2D eigenvalue weighted by Crippen LogP contribution is 2.30. The molecule has 4 heterocycles. The summed E-state index contributed by atoms with van der Waals surface area (Å²) in [6.07, 6.45) is 9.83. The number of carbonyl (C=O) groups excluding carboxylic acids is 1. The molecule has 1 fully saturated rings. The quantitative estimate of drug-likeness (QED) is 0.679. The lowest BCUT2D eigenvalue weighted by Gasteiger charge is -2.32. The minimum absolute atomic E-state index is 0.200. The van der Waals surface area contributed by atoms with E-state index in [-0.39, 0.29) is 11.8 Å². The van der Waals surface area contributed by atoms with E-state index in [1.807, 2.05) is 35.7 Å². The van der Waals surface area contributed by atoms with Crippen molar-refractivity contribution in [2.24, 2.45) is 0 Å². The third-order valence-corrected chi connectivity index (χ3v) is 5.44. The van der Waals surface area contributed by atoms with Crippen LogP contribution >= 0.6 is 0 Å². The molecule has 1 amide bonds. The number of rotatable bonds is 5. The average molecular weight is 379 g/mol. The zero-order valence-electron chi connectivity index (χ0n) is 16.3. The molecular weight excluding hydrogens is 354 g/mol. The van der Waals surface area contributed by atoms with Crippen molar-refractivity contribution >= 4 is 5.91 Å². The maximum atomic E-state index is 12.6. The number of amides is 1. The second-order valence-corrected chi connectivity index (χ2v) is 7.40. The van der Waals surface area contributed by atoms with Crippen LogP contribution < -0.4 is 0 Å². The molecule has 4 rings (SSSR count). The first-order valence-electron chi connectivity index (χ1n) is 9.74. The average Bonchev–Trinajstić information content (AvgIpc) is 3.36. The van der Waals surface area contributed by atoms with E-state index in [1.165, 1.54) is 0 Å². The Bertz CT molecular complexity index is 911. The number of hydrogen-bond donors (Lipinski definition) is 0. The van der Waals surface area contributed by atoms with Crippen LogP contribution in [0.5, 0.6) is 0 Å². The zero-order chi connectivity index (χ0) is 19.5. The first-order chi connectivity index (χ1) is 13.6. The van der Waals surface area contributed by atoms with E-state index in [9.17, 15) is 4.79 Å². The number of pyridine rings is 1. The molecule has 1 aliphatic heterocycles. The van der Waals surface area contributed by atoms with Gasteiger partial charge in [0.2, 0.25) is 5.91 Å². The number of aromatic nitrogens is 4. The summed E-state index contributed by atoms with van der Waals surface area (Å²) < 4.78 is 7.20. The Kier molecular flexibility index (Phi) is 5.23. The van der Waals surface area contributed by atoms with Crippen LogP contribution in [0.4, 0.5) is 0 Å². The van der Waals surface area contributed by atoms with E-state index >= 15 is 0 Å². The zero-order valence-corrected chi connectivity index (χ0v) is 16.3. The maximum absolute atomic E-state index is 12.6. The lowest BCUT2D eigenvalue weighted by atomic mass is 9.93. The predicted octanol–water partition coefficient (Wildman–Crippen LogP) is 3.35. The molecule has 7 nitrogen and oxygen atoms in total. The summed E-state index contributed by atoms with van der Waals surface area (Å²) in [7, 11) is 0. The van der Waals surface area contributed by atoms with Crippen molar-refractivity contribution in [2.45, 2.75) is 45.6 Å². The lowest BCUT2D eigenvalue weighted by molar-refractivity contribution is -0.132. The van der Waals surface area contributed by atoms with Gasteiger partial charge in [0.25, 0.3) is 0 Å². The number of carbonyl (C=O) groups is 1. The van der Waals surface area contributed by atoms with Crippen LogP contribution in [-0.4, -0.2) is 43.6 Å². The second-order valence-electron chi connectivity index (χ2n) is 7.40. The lowest BCUT2D eigenvalue weighted by Crippen LogP contribution is -2.39. The van der Waals surface area contributed by atoms with Gasteiger partial charge in [0.15, 0.2) is 0 Å². The molecule has 3 aromatic heterocycles. The standard InChI is InChI=1S/C21H25N5O2/c1-15-21(16(2)28-24-15)17-5-6-19(23-12-17)18-4-3-9-26(13-18)20(27)7-10-25-11-8-22-14-25/h5-6,8,11-12,14,18H,3-4,7,9-10,13H2,1-2H3/t18-/m1/s1. The first-order valence-corrected chi connectivity index (χ1v) is 9.74. The van der Waals surface area contributed by atoms with Crippen molar-refractivity contribution in [2.75, 3.05) is 13.1 Å². The molecule has 0 spiro atoms. The Morgan fingerprint density at radius 1 is 1.32 bits per heavy atom. The van der Waals surface area contributed by atoms with E-state index in [2.05, 4.69) is 22.3 Å². The summed E-state index contributed by atoms with van der Waals surface area (Å²) in [5, 5.41) is 4.02. The number of likely N-dealkylation sites (tertiary alicyclic amines) is 1. The molecule has 1 aliphatic rings. The van der Waals surface area contributed by atoms with Gasteiger partial charge in [-0.25, -0.2) is 4.98 Å². The van der Waals surface area contributed by atoms with E-state index in [0.717, 1.165) is 54.2 Å². The first kappa shape index (κ1) is 18.4. The topological polar surface area (TPSA) is 77.0 Å². The molecule has 28 heavy (non-hydrogen) atoms. The molecule has 0 radical (unpaired) electrons. The Balaban J connectivity index is 1.41. The summed E-state index contributed by atoms with van der Waals surface area (Å²) in [6, 6.07) is 4.15. The molecule has 146 valence electrons. The maximum Gasteiger partial charge on any atom is 0.224 e. The Hall–Kier alpha value is -2.96. The van der Waals surface area contributed by atoms with Crippen molar-refractivity contribution in [3.63, 3.8) is 0 Å². The molecule has 0 N–H and O–H groups in total. The Labute approximate surface area is 164 Å². The number of imidazole rings is 1. The van der Waals surface area contributed by atoms with Crippen molar-refractivity contribution < 1.29 is 9.32 Å². The third kappa shape index (κ3) is 3.83. The van der Waals surface area contributed by atoms with Crippen molar-refractivity contribution in [1.82, 2.24) is 24.6 Å². The monoisotopic (exact) mass is 379 g/mol. The molecule has 0 aliphatic carbocycles. The van der Waals surface area contributed by atoms with Gasteiger partial charge in [0, 0.05) is 67.4 Å². The highest BCUT2D eigenvalue weighted by atomic mass is 16.5. The molecule has 0 saturated carbocycles. The van der Waals surface area contributed by atoms with E-state index in [0.29, 0.717) is 13.0 Å². The largest absolute Gasteiger partial charge is 0.361 e. The summed E-state index contributed by atoms with van der Waals surface area (Å²) in [4.78, 5) is 23.3. The smallest absolute Gasteiger partial charge is 0.224 e. The normalized spacial score (nSPS) is 17.1. The number of hydrogen-bond acceptors (Lipinski definition) is 5. The number of nitrogens with zero attached hydrogens (tertiary/aromatic N) is 5. The van der Waals surface area contributed by atoms with Crippen molar-refractivity contribution in [1.29, 1.82) is 0 Å².